The van der Waals surface area contributed by atoms with Crippen LogP contribution in [0.15, 0.2) is 24.3 Å². The van der Waals surface area contributed by atoms with E-state index in [4.69, 9.17) is 4.74 Å². The molecule has 20 heavy (non-hydrogen) atoms. The van der Waals surface area contributed by atoms with Crippen molar-refractivity contribution in [2.45, 2.75) is 26.6 Å². The van der Waals surface area contributed by atoms with Crippen molar-refractivity contribution in [1.29, 1.82) is 0 Å². The normalized spacial score (nSPS) is 10.2. The molecule has 114 valence electrons. The van der Waals surface area contributed by atoms with Crippen LogP contribution in [0, 0.1) is 0 Å². The van der Waals surface area contributed by atoms with Crippen LogP contribution in [0.1, 0.15) is 29.8 Å². The lowest BCUT2D eigenvalue weighted by molar-refractivity contribution is 0.0656. The smallest absolute Gasteiger partial charge is 0.253 e. The van der Waals surface area contributed by atoms with Crippen LogP contribution in [0.3, 0.4) is 0 Å². The summed E-state index contributed by atoms with van der Waals surface area (Å²) >= 11 is 0. The molecule has 0 aromatic heterocycles. The number of carbonyl (C=O) groups is 1. The third-order valence-electron chi connectivity index (χ3n) is 2.83. The van der Waals surface area contributed by atoms with Crippen LogP contribution in [-0.4, -0.2) is 44.1 Å². The minimum atomic E-state index is 0. The van der Waals surface area contributed by atoms with Crippen molar-refractivity contribution in [2.24, 2.45) is 0 Å². The summed E-state index contributed by atoms with van der Waals surface area (Å²) in [5, 5.41) is 3.03. The van der Waals surface area contributed by atoms with Gasteiger partial charge in [-0.25, -0.2) is 0 Å². The second-order valence-corrected chi connectivity index (χ2v) is 4.89. The van der Waals surface area contributed by atoms with Crippen molar-refractivity contribution in [2.75, 3.05) is 27.2 Å². The molecule has 5 heteroatoms. The Morgan fingerprint density at radius 2 is 1.90 bits per heavy atom. The standard InChI is InChI=1S/C15H24N2O2.ClH/c1-12(2)19-11-13-5-7-14(8-6-13)15(18)17(4)10-9-16-3;/h5-8,12,16H,9-11H2,1-4H3;1H. The fourth-order valence-electron chi connectivity index (χ4n) is 1.61. The number of nitrogens with zero attached hydrogens (tertiary/aromatic N) is 1. The van der Waals surface area contributed by atoms with E-state index < -0.39 is 0 Å². The van der Waals surface area contributed by atoms with Crippen LogP contribution in [-0.2, 0) is 11.3 Å². The summed E-state index contributed by atoms with van der Waals surface area (Å²) in [5.41, 5.74) is 1.80. The molecule has 0 aliphatic rings. The van der Waals surface area contributed by atoms with Gasteiger partial charge in [-0.3, -0.25) is 4.79 Å². The lowest BCUT2D eigenvalue weighted by atomic mass is 10.1. The molecule has 1 N–H and O–H groups in total. The molecule has 0 bridgehead atoms. The first-order chi connectivity index (χ1) is 9.04. The topological polar surface area (TPSA) is 41.6 Å². The van der Waals surface area contributed by atoms with Crippen molar-refractivity contribution >= 4 is 18.3 Å². The number of hydrogen-bond donors (Lipinski definition) is 1. The summed E-state index contributed by atoms with van der Waals surface area (Å²) in [5.74, 6) is 0.0478. The van der Waals surface area contributed by atoms with Crippen molar-refractivity contribution in [3.05, 3.63) is 35.4 Å². The van der Waals surface area contributed by atoms with Crippen molar-refractivity contribution in [3.8, 4) is 0 Å². The predicted molar refractivity (Wildman–Crippen MR) is 84.5 cm³/mol. The lowest BCUT2D eigenvalue weighted by Crippen LogP contribution is -2.32. The van der Waals surface area contributed by atoms with Gasteiger partial charge < -0.3 is 15.0 Å². The van der Waals surface area contributed by atoms with Gasteiger partial charge >= 0.3 is 0 Å². The average molecular weight is 301 g/mol. The van der Waals surface area contributed by atoms with Gasteiger partial charge in [-0.1, -0.05) is 12.1 Å². The van der Waals surface area contributed by atoms with E-state index in [1.807, 2.05) is 52.2 Å². The maximum absolute atomic E-state index is 12.1. The number of hydrogen-bond acceptors (Lipinski definition) is 3. The third-order valence-corrected chi connectivity index (χ3v) is 2.83. The van der Waals surface area contributed by atoms with Gasteiger partial charge in [0.05, 0.1) is 12.7 Å². The number of ether oxygens (including phenoxy) is 1. The predicted octanol–water partition coefficient (Wildman–Crippen LogP) is 2.32. The zero-order valence-corrected chi connectivity index (χ0v) is 13.5. The fourth-order valence-corrected chi connectivity index (χ4v) is 1.61. The van der Waals surface area contributed by atoms with Gasteiger partial charge in [-0.15, -0.1) is 12.4 Å². The van der Waals surface area contributed by atoms with Crippen LogP contribution in [0.4, 0.5) is 0 Å². The summed E-state index contributed by atoms with van der Waals surface area (Å²) in [7, 11) is 3.69. The largest absolute Gasteiger partial charge is 0.374 e. The Morgan fingerprint density at radius 3 is 2.40 bits per heavy atom. The molecule has 0 saturated heterocycles. The van der Waals surface area contributed by atoms with E-state index in [2.05, 4.69) is 5.32 Å². The molecule has 0 fully saturated rings. The van der Waals surface area contributed by atoms with Gasteiger partial charge in [-0.05, 0) is 38.6 Å². The molecule has 0 heterocycles. The zero-order valence-electron chi connectivity index (χ0n) is 12.7. The molecule has 0 spiro atoms. The van der Waals surface area contributed by atoms with E-state index in [0.717, 1.165) is 12.1 Å². The first-order valence-corrected chi connectivity index (χ1v) is 6.65. The average Bonchev–Trinajstić information content (AvgIpc) is 2.42. The van der Waals surface area contributed by atoms with Crippen LogP contribution in [0.5, 0.6) is 0 Å². The first kappa shape index (κ1) is 18.9. The van der Waals surface area contributed by atoms with Crippen LogP contribution in [0.25, 0.3) is 0 Å². The number of halogens is 1. The van der Waals surface area contributed by atoms with Gasteiger partial charge in [0.1, 0.15) is 0 Å². The number of amides is 1. The van der Waals surface area contributed by atoms with Gasteiger partial charge in [0.25, 0.3) is 5.91 Å². The molecule has 0 aliphatic carbocycles. The summed E-state index contributed by atoms with van der Waals surface area (Å²) < 4.78 is 5.53. The van der Waals surface area contributed by atoms with Gasteiger partial charge in [-0.2, -0.15) is 0 Å². The van der Waals surface area contributed by atoms with Crippen LogP contribution >= 0.6 is 12.4 Å². The quantitative estimate of drug-likeness (QED) is 0.840. The van der Waals surface area contributed by atoms with Crippen molar-refractivity contribution in [3.63, 3.8) is 0 Å². The Balaban J connectivity index is 0.00000361. The summed E-state index contributed by atoms with van der Waals surface area (Å²) in [4.78, 5) is 13.8. The van der Waals surface area contributed by atoms with Crippen molar-refractivity contribution < 1.29 is 9.53 Å². The summed E-state index contributed by atoms with van der Waals surface area (Å²) in [6.07, 6.45) is 0.217. The minimum absolute atomic E-state index is 0. The molecule has 1 aromatic carbocycles. The Hall–Kier alpha value is -1.10. The van der Waals surface area contributed by atoms with Crippen molar-refractivity contribution in [1.82, 2.24) is 10.2 Å². The second kappa shape index (κ2) is 9.75. The molecule has 1 aromatic rings. The number of nitrogens with one attached hydrogen (secondary N) is 1. The highest BCUT2D eigenvalue weighted by atomic mass is 35.5. The van der Waals surface area contributed by atoms with Gasteiger partial charge in [0.15, 0.2) is 0 Å². The number of likely N-dealkylation sites (N-methyl/N-ethyl adjacent to an activating group) is 2. The molecular weight excluding hydrogens is 276 g/mol. The lowest BCUT2D eigenvalue weighted by Gasteiger charge is -2.17. The third kappa shape index (κ3) is 6.37. The second-order valence-electron chi connectivity index (χ2n) is 4.89. The molecule has 1 amide bonds. The number of rotatable bonds is 7. The molecule has 0 unspecified atom stereocenters. The van der Waals surface area contributed by atoms with E-state index in [9.17, 15) is 4.79 Å². The molecule has 1 rings (SSSR count). The maximum atomic E-state index is 12.1. The molecular formula is C15H25ClN2O2. The highest BCUT2D eigenvalue weighted by Crippen LogP contribution is 2.09. The maximum Gasteiger partial charge on any atom is 0.253 e. The number of carbonyl (C=O) groups excluding carboxylic acids is 1. The molecule has 0 radical (unpaired) electrons. The van der Waals surface area contributed by atoms with E-state index in [-0.39, 0.29) is 24.4 Å². The molecule has 0 aliphatic heterocycles. The fraction of sp³-hybridized carbons (Fsp3) is 0.533. The van der Waals surface area contributed by atoms with Crippen LogP contribution < -0.4 is 5.32 Å². The Morgan fingerprint density at radius 1 is 1.30 bits per heavy atom. The number of benzene rings is 1. The van der Waals surface area contributed by atoms with Gasteiger partial charge in [0, 0.05) is 25.7 Å². The molecule has 0 atom stereocenters. The van der Waals surface area contributed by atoms with Gasteiger partial charge in [0.2, 0.25) is 0 Å². The SMILES string of the molecule is CNCCN(C)C(=O)c1ccc(COC(C)C)cc1.Cl. The first-order valence-electron chi connectivity index (χ1n) is 6.65. The Bertz CT molecular complexity index is 393. The summed E-state index contributed by atoms with van der Waals surface area (Å²) in [6.45, 7) is 6.10. The highest BCUT2D eigenvalue weighted by Gasteiger charge is 2.10. The van der Waals surface area contributed by atoms with E-state index in [0.29, 0.717) is 18.7 Å². The van der Waals surface area contributed by atoms with E-state index in [1.165, 1.54) is 0 Å². The molecule has 0 saturated carbocycles. The van der Waals surface area contributed by atoms with E-state index >= 15 is 0 Å². The zero-order chi connectivity index (χ0) is 14.3. The van der Waals surface area contributed by atoms with E-state index in [1.54, 1.807) is 4.90 Å². The van der Waals surface area contributed by atoms with Crippen LogP contribution in [0.2, 0.25) is 0 Å². The molecule has 4 nitrogen and oxygen atoms in total. The minimum Gasteiger partial charge on any atom is -0.374 e. The Kier molecular flexibility index (Phi) is 9.21. The Labute approximate surface area is 127 Å². The highest BCUT2D eigenvalue weighted by molar-refractivity contribution is 5.94. The summed E-state index contributed by atoms with van der Waals surface area (Å²) in [6, 6.07) is 7.61. The monoisotopic (exact) mass is 300 g/mol.